The minimum Gasteiger partial charge on any atom is -0.449 e. The van der Waals surface area contributed by atoms with Gasteiger partial charge in [-0.25, -0.2) is 4.79 Å². The second-order valence-electron chi connectivity index (χ2n) is 1.84. The normalized spacial score (nSPS) is 9.55. The van der Waals surface area contributed by atoms with Crippen LogP contribution in [0.2, 0.25) is 0 Å². The van der Waals surface area contributed by atoms with Crippen LogP contribution in [-0.4, -0.2) is 19.7 Å². The molecule has 0 rings (SSSR count). The Balaban J connectivity index is 3.20. The monoisotopic (exact) mass is 155 g/mol. The SMILES string of the molecule is C=C/C=C/CCOC(=O)NC. The third-order valence-corrected chi connectivity index (χ3v) is 0.994. The molecule has 11 heavy (non-hydrogen) atoms. The maximum atomic E-state index is 10.5. The van der Waals surface area contributed by atoms with Crippen LogP contribution in [0, 0.1) is 0 Å². The quantitative estimate of drug-likeness (QED) is 0.493. The lowest BCUT2D eigenvalue weighted by Gasteiger charge is -1.99. The number of nitrogens with one attached hydrogen (secondary N) is 1. The highest BCUT2D eigenvalue weighted by atomic mass is 16.5. The Morgan fingerprint density at radius 3 is 3.00 bits per heavy atom. The summed E-state index contributed by atoms with van der Waals surface area (Å²) in [4.78, 5) is 10.5. The predicted molar refractivity (Wildman–Crippen MR) is 44.4 cm³/mol. The molecular weight excluding hydrogens is 142 g/mol. The van der Waals surface area contributed by atoms with Gasteiger partial charge in [0.05, 0.1) is 6.61 Å². The van der Waals surface area contributed by atoms with Gasteiger partial charge in [0.25, 0.3) is 0 Å². The fourth-order valence-electron chi connectivity index (χ4n) is 0.484. The molecule has 1 N–H and O–H groups in total. The predicted octanol–water partition coefficient (Wildman–Crippen LogP) is 1.47. The van der Waals surface area contributed by atoms with Gasteiger partial charge in [-0.2, -0.15) is 0 Å². The zero-order valence-electron chi connectivity index (χ0n) is 6.67. The van der Waals surface area contributed by atoms with E-state index in [1.807, 2.05) is 12.2 Å². The zero-order valence-corrected chi connectivity index (χ0v) is 6.67. The molecular formula is C8H13NO2. The van der Waals surface area contributed by atoms with E-state index in [0.717, 1.165) is 6.42 Å². The maximum Gasteiger partial charge on any atom is 0.406 e. The Hall–Kier alpha value is -1.25. The summed E-state index contributed by atoms with van der Waals surface area (Å²) < 4.78 is 4.70. The Kier molecular flexibility index (Phi) is 6.08. The summed E-state index contributed by atoms with van der Waals surface area (Å²) in [5.41, 5.74) is 0. The molecule has 1 amide bonds. The molecule has 0 spiro atoms. The van der Waals surface area contributed by atoms with E-state index in [2.05, 4.69) is 11.9 Å². The molecule has 0 saturated heterocycles. The van der Waals surface area contributed by atoms with Crippen LogP contribution >= 0.6 is 0 Å². The number of carbonyl (C=O) groups is 1. The standard InChI is InChI=1S/C8H13NO2/c1-3-4-5-6-7-11-8(10)9-2/h3-5H,1,6-7H2,2H3,(H,9,10)/b5-4+. The Labute approximate surface area is 66.7 Å². The molecule has 0 saturated carbocycles. The summed E-state index contributed by atoms with van der Waals surface area (Å²) in [6.45, 7) is 3.91. The number of ether oxygens (including phenoxy) is 1. The lowest BCUT2D eigenvalue weighted by atomic mass is 10.4. The van der Waals surface area contributed by atoms with Crippen molar-refractivity contribution in [2.45, 2.75) is 6.42 Å². The third kappa shape index (κ3) is 6.64. The van der Waals surface area contributed by atoms with Gasteiger partial charge in [-0.3, -0.25) is 0 Å². The number of allylic oxidation sites excluding steroid dienone is 2. The Morgan fingerprint density at radius 1 is 1.73 bits per heavy atom. The van der Waals surface area contributed by atoms with Crippen LogP contribution in [0.1, 0.15) is 6.42 Å². The molecule has 0 atom stereocenters. The highest BCUT2D eigenvalue weighted by Gasteiger charge is 1.93. The Bertz CT molecular complexity index is 152. The van der Waals surface area contributed by atoms with E-state index in [1.54, 1.807) is 6.08 Å². The van der Waals surface area contributed by atoms with Gasteiger partial charge in [-0.15, -0.1) is 0 Å². The van der Waals surface area contributed by atoms with Gasteiger partial charge < -0.3 is 10.1 Å². The van der Waals surface area contributed by atoms with E-state index < -0.39 is 6.09 Å². The number of carbonyl (C=O) groups excluding carboxylic acids is 1. The topological polar surface area (TPSA) is 38.3 Å². The average Bonchev–Trinajstić information content (AvgIpc) is 2.04. The van der Waals surface area contributed by atoms with Crippen molar-refractivity contribution in [2.75, 3.05) is 13.7 Å². The van der Waals surface area contributed by atoms with Crippen LogP contribution in [0.25, 0.3) is 0 Å². The van der Waals surface area contributed by atoms with Crippen molar-refractivity contribution >= 4 is 6.09 Å². The van der Waals surface area contributed by atoms with Crippen molar-refractivity contribution in [3.8, 4) is 0 Å². The summed E-state index contributed by atoms with van der Waals surface area (Å²) in [7, 11) is 1.53. The number of rotatable bonds is 4. The van der Waals surface area contributed by atoms with Gasteiger partial charge in [0.2, 0.25) is 0 Å². The van der Waals surface area contributed by atoms with Crippen molar-refractivity contribution in [3.05, 3.63) is 24.8 Å². The van der Waals surface area contributed by atoms with E-state index in [9.17, 15) is 4.79 Å². The fourth-order valence-corrected chi connectivity index (χ4v) is 0.484. The first kappa shape index (κ1) is 9.75. The highest BCUT2D eigenvalue weighted by Crippen LogP contribution is 1.85. The molecule has 0 aromatic carbocycles. The van der Waals surface area contributed by atoms with Crippen molar-refractivity contribution in [3.63, 3.8) is 0 Å². The second kappa shape index (κ2) is 6.86. The maximum absolute atomic E-state index is 10.5. The van der Waals surface area contributed by atoms with Crippen LogP contribution in [0.3, 0.4) is 0 Å². The lowest BCUT2D eigenvalue weighted by molar-refractivity contribution is 0.150. The molecule has 0 aromatic heterocycles. The van der Waals surface area contributed by atoms with Crippen molar-refractivity contribution in [1.29, 1.82) is 0 Å². The highest BCUT2D eigenvalue weighted by molar-refractivity contribution is 5.66. The molecule has 0 bridgehead atoms. The zero-order chi connectivity index (χ0) is 8.53. The molecule has 0 aliphatic rings. The first-order chi connectivity index (χ1) is 5.31. The van der Waals surface area contributed by atoms with Crippen LogP contribution in [0.5, 0.6) is 0 Å². The molecule has 3 heteroatoms. The number of alkyl carbamates (subject to hydrolysis) is 1. The minimum absolute atomic E-state index is 0.392. The van der Waals surface area contributed by atoms with Crippen molar-refractivity contribution in [1.82, 2.24) is 5.32 Å². The van der Waals surface area contributed by atoms with Crippen molar-refractivity contribution < 1.29 is 9.53 Å². The summed E-state index contributed by atoms with van der Waals surface area (Å²) in [6, 6.07) is 0. The summed E-state index contributed by atoms with van der Waals surface area (Å²) in [6.07, 6.45) is 5.71. The van der Waals surface area contributed by atoms with E-state index >= 15 is 0 Å². The molecule has 0 heterocycles. The van der Waals surface area contributed by atoms with Crippen LogP contribution in [-0.2, 0) is 4.74 Å². The van der Waals surface area contributed by atoms with Crippen LogP contribution in [0.4, 0.5) is 4.79 Å². The van der Waals surface area contributed by atoms with E-state index in [4.69, 9.17) is 4.74 Å². The van der Waals surface area contributed by atoms with Crippen LogP contribution < -0.4 is 5.32 Å². The van der Waals surface area contributed by atoms with Gasteiger partial charge >= 0.3 is 6.09 Å². The summed E-state index contributed by atoms with van der Waals surface area (Å²) >= 11 is 0. The number of amides is 1. The first-order valence-corrected chi connectivity index (χ1v) is 3.43. The van der Waals surface area contributed by atoms with Gasteiger partial charge in [-0.05, 0) is 6.42 Å². The average molecular weight is 155 g/mol. The van der Waals surface area contributed by atoms with Gasteiger partial charge in [0.15, 0.2) is 0 Å². The number of hydrogen-bond donors (Lipinski definition) is 1. The van der Waals surface area contributed by atoms with E-state index in [-0.39, 0.29) is 0 Å². The first-order valence-electron chi connectivity index (χ1n) is 3.43. The smallest absolute Gasteiger partial charge is 0.406 e. The molecule has 62 valence electrons. The molecule has 0 aliphatic heterocycles. The fraction of sp³-hybridized carbons (Fsp3) is 0.375. The molecule has 0 radical (unpaired) electrons. The molecule has 0 unspecified atom stereocenters. The van der Waals surface area contributed by atoms with E-state index in [0.29, 0.717) is 6.61 Å². The largest absolute Gasteiger partial charge is 0.449 e. The summed E-state index contributed by atoms with van der Waals surface area (Å²) in [5.74, 6) is 0. The van der Waals surface area contributed by atoms with Crippen molar-refractivity contribution in [2.24, 2.45) is 0 Å². The minimum atomic E-state index is -0.392. The van der Waals surface area contributed by atoms with Gasteiger partial charge in [0.1, 0.15) is 0 Å². The Morgan fingerprint density at radius 2 is 2.45 bits per heavy atom. The number of hydrogen-bond acceptors (Lipinski definition) is 2. The van der Waals surface area contributed by atoms with E-state index in [1.165, 1.54) is 7.05 Å². The summed E-state index contributed by atoms with van der Waals surface area (Å²) in [5, 5.41) is 2.35. The molecule has 0 aliphatic carbocycles. The molecule has 0 fully saturated rings. The van der Waals surface area contributed by atoms with Gasteiger partial charge in [-0.1, -0.05) is 24.8 Å². The lowest BCUT2D eigenvalue weighted by Crippen LogP contribution is -2.19. The molecule has 3 nitrogen and oxygen atoms in total. The molecule has 0 aromatic rings. The second-order valence-corrected chi connectivity index (χ2v) is 1.84. The van der Waals surface area contributed by atoms with Gasteiger partial charge in [0, 0.05) is 7.05 Å². The third-order valence-electron chi connectivity index (χ3n) is 0.994. The van der Waals surface area contributed by atoms with Crippen LogP contribution in [0.15, 0.2) is 24.8 Å².